The van der Waals surface area contributed by atoms with Crippen LogP contribution in [0.4, 0.5) is 0 Å². The maximum atomic E-state index is 12.6. The number of rotatable bonds is 6. The Morgan fingerprint density at radius 3 is 2.20 bits per heavy atom. The van der Waals surface area contributed by atoms with E-state index < -0.39 is 72.1 Å². The Hall–Kier alpha value is -2.90. The number of phenolic OH excluding ortho intramolecular Hbond substituents is 3. The fourth-order valence-electron chi connectivity index (χ4n) is 3.96. The van der Waals surface area contributed by atoms with Gasteiger partial charge in [-0.1, -0.05) is 6.08 Å². The highest BCUT2D eigenvalue weighted by Crippen LogP contribution is 2.36. The van der Waals surface area contributed by atoms with Crippen molar-refractivity contribution in [2.24, 2.45) is 5.92 Å². The van der Waals surface area contributed by atoms with Crippen LogP contribution in [0.5, 0.6) is 17.2 Å². The Kier molecular flexibility index (Phi) is 7.92. The molecule has 35 heavy (non-hydrogen) atoms. The van der Waals surface area contributed by atoms with Crippen LogP contribution in [-0.2, 0) is 19.0 Å². The number of carbonyl (C=O) groups is 2. The lowest BCUT2D eigenvalue weighted by Crippen LogP contribution is -2.59. The molecule has 1 saturated heterocycles. The van der Waals surface area contributed by atoms with Crippen LogP contribution >= 0.6 is 0 Å². The summed E-state index contributed by atoms with van der Waals surface area (Å²) >= 11 is 0. The van der Waals surface area contributed by atoms with Crippen molar-refractivity contribution in [3.63, 3.8) is 0 Å². The number of aliphatic hydroxyl groups excluding tert-OH is 3. The molecule has 12 heteroatoms. The smallest absolute Gasteiger partial charge is 0.338 e. The third-order valence-electron chi connectivity index (χ3n) is 6.25. The predicted octanol–water partition coefficient (Wildman–Crippen LogP) is -0.192. The minimum Gasteiger partial charge on any atom is -0.504 e. The number of aromatic hydroxyl groups is 3. The molecule has 6 atom stereocenters. The Morgan fingerprint density at radius 2 is 1.66 bits per heavy atom. The summed E-state index contributed by atoms with van der Waals surface area (Å²) in [7, 11) is 0. The standard InChI is InChI=1S/C23H30O12/c1-23(2,32)12-5-3-10(4-6-12)21(31)35-22-19(29)18(28)17(27)15(34-22)9-33-20(30)11-7-13(24)16(26)14(25)8-11/h3,7-8,12,15,17-19,22,24-29,32H,4-6,9H2,1-2H3. The zero-order chi connectivity index (χ0) is 26.1. The van der Waals surface area contributed by atoms with Crippen LogP contribution in [0.2, 0.25) is 0 Å². The second-order valence-corrected chi connectivity index (χ2v) is 9.24. The molecule has 1 aromatic carbocycles. The first-order valence-corrected chi connectivity index (χ1v) is 11.0. The molecule has 3 rings (SSSR count). The molecule has 1 aliphatic carbocycles. The largest absolute Gasteiger partial charge is 0.504 e. The topological polar surface area (TPSA) is 203 Å². The third-order valence-corrected chi connectivity index (χ3v) is 6.25. The Labute approximate surface area is 200 Å². The first kappa shape index (κ1) is 26.7. The number of benzene rings is 1. The zero-order valence-electron chi connectivity index (χ0n) is 19.2. The molecule has 12 nitrogen and oxygen atoms in total. The maximum absolute atomic E-state index is 12.6. The van der Waals surface area contributed by atoms with Crippen molar-refractivity contribution in [1.82, 2.24) is 0 Å². The van der Waals surface area contributed by atoms with Gasteiger partial charge < -0.3 is 50.0 Å². The van der Waals surface area contributed by atoms with Crippen LogP contribution < -0.4 is 0 Å². The molecule has 2 aliphatic rings. The summed E-state index contributed by atoms with van der Waals surface area (Å²) in [5.41, 5.74) is -0.908. The van der Waals surface area contributed by atoms with Crippen molar-refractivity contribution in [1.29, 1.82) is 0 Å². The summed E-state index contributed by atoms with van der Waals surface area (Å²) in [6.45, 7) is 2.73. The van der Waals surface area contributed by atoms with E-state index in [9.17, 15) is 45.3 Å². The fraction of sp³-hybridized carbons (Fsp3) is 0.565. The van der Waals surface area contributed by atoms with Crippen molar-refractivity contribution in [3.8, 4) is 17.2 Å². The van der Waals surface area contributed by atoms with Crippen LogP contribution in [0.3, 0.4) is 0 Å². The number of allylic oxidation sites excluding steroid dienone is 1. The number of ether oxygens (including phenoxy) is 3. The molecule has 0 saturated carbocycles. The van der Waals surface area contributed by atoms with Crippen molar-refractivity contribution >= 4 is 11.9 Å². The van der Waals surface area contributed by atoms with E-state index in [0.29, 0.717) is 24.8 Å². The van der Waals surface area contributed by atoms with Gasteiger partial charge >= 0.3 is 11.9 Å². The number of hydrogen-bond acceptors (Lipinski definition) is 12. The molecule has 0 aromatic heterocycles. The van der Waals surface area contributed by atoms with E-state index in [-0.39, 0.29) is 11.5 Å². The molecule has 0 bridgehead atoms. The van der Waals surface area contributed by atoms with Crippen molar-refractivity contribution < 1.29 is 59.5 Å². The lowest BCUT2D eigenvalue weighted by atomic mass is 9.79. The summed E-state index contributed by atoms with van der Waals surface area (Å²) in [5.74, 6) is -4.24. The Bertz CT molecular complexity index is 958. The Morgan fingerprint density at radius 1 is 1.03 bits per heavy atom. The van der Waals surface area contributed by atoms with Gasteiger partial charge in [-0.25, -0.2) is 9.59 Å². The average Bonchev–Trinajstić information content (AvgIpc) is 2.81. The van der Waals surface area contributed by atoms with Crippen molar-refractivity contribution in [2.75, 3.05) is 6.61 Å². The van der Waals surface area contributed by atoms with E-state index in [1.165, 1.54) is 0 Å². The minimum atomic E-state index is -1.79. The average molecular weight is 498 g/mol. The number of carbonyl (C=O) groups excluding carboxylic acids is 2. The summed E-state index contributed by atoms with van der Waals surface area (Å²) in [4.78, 5) is 24.8. The van der Waals surface area contributed by atoms with Gasteiger partial charge in [0, 0.05) is 5.57 Å². The lowest BCUT2D eigenvalue weighted by Gasteiger charge is -2.39. The zero-order valence-corrected chi connectivity index (χ0v) is 19.2. The van der Waals surface area contributed by atoms with E-state index in [0.717, 1.165) is 12.1 Å². The van der Waals surface area contributed by atoms with Crippen LogP contribution in [0.15, 0.2) is 23.8 Å². The SMILES string of the molecule is CC(C)(O)C1CC=C(C(=O)OC2OC(COC(=O)c3cc(O)c(O)c(O)c3)C(O)C(O)C2O)CC1. The van der Waals surface area contributed by atoms with Gasteiger partial charge in [0.2, 0.25) is 6.29 Å². The molecule has 7 N–H and O–H groups in total. The number of aliphatic hydroxyl groups is 4. The van der Waals surface area contributed by atoms with E-state index >= 15 is 0 Å². The van der Waals surface area contributed by atoms with Gasteiger partial charge in [0.05, 0.1) is 11.2 Å². The van der Waals surface area contributed by atoms with Gasteiger partial charge in [-0.05, 0) is 51.2 Å². The monoisotopic (exact) mass is 498 g/mol. The number of phenols is 3. The molecule has 1 fully saturated rings. The van der Waals surface area contributed by atoms with Gasteiger partial charge in [0.1, 0.15) is 31.0 Å². The molecular formula is C23H30O12. The summed E-state index contributed by atoms with van der Waals surface area (Å²) in [6.07, 6.45) is -5.37. The molecular weight excluding hydrogens is 468 g/mol. The summed E-state index contributed by atoms with van der Waals surface area (Å²) in [6, 6.07) is 1.69. The highest BCUT2D eigenvalue weighted by atomic mass is 16.7. The quantitative estimate of drug-likeness (QED) is 0.201. The van der Waals surface area contributed by atoms with Gasteiger partial charge in [0.25, 0.3) is 0 Å². The molecule has 0 radical (unpaired) electrons. The minimum absolute atomic E-state index is 0.0380. The van der Waals surface area contributed by atoms with Gasteiger partial charge in [0.15, 0.2) is 17.2 Å². The predicted molar refractivity (Wildman–Crippen MR) is 116 cm³/mol. The first-order valence-electron chi connectivity index (χ1n) is 11.0. The highest BCUT2D eigenvalue weighted by Gasteiger charge is 2.46. The summed E-state index contributed by atoms with van der Waals surface area (Å²) in [5, 5.41) is 69.1. The van der Waals surface area contributed by atoms with Crippen LogP contribution in [-0.4, -0.2) is 90.6 Å². The van der Waals surface area contributed by atoms with Crippen LogP contribution in [0.25, 0.3) is 0 Å². The second kappa shape index (κ2) is 10.4. The van der Waals surface area contributed by atoms with E-state index in [4.69, 9.17) is 14.2 Å². The molecule has 1 aromatic rings. The van der Waals surface area contributed by atoms with Gasteiger partial charge in [-0.2, -0.15) is 0 Å². The molecule has 6 unspecified atom stereocenters. The number of hydrogen-bond donors (Lipinski definition) is 7. The first-order chi connectivity index (χ1) is 16.3. The summed E-state index contributed by atoms with van der Waals surface area (Å²) < 4.78 is 15.6. The van der Waals surface area contributed by atoms with Gasteiger partial charge in [-0.3, -0.25) is 0 Å². The number of esters is 2. The lowest BCUT2D eigenvalue weighted by molar-refractivity contribution is -0.291. The highest BCUT2D eigenvalue weighted by molar-refractivity contribution is 5.91. The second-order valence-electron chi connectivity index (χ2n) is 9.24. The fourth-order valence-corrected chi connectivity index (χ4v) is 3.96. The van der Waals surface area contributed by atoms with Crippen molar-refractivity contribution in [2.45, 2.75) is 69.4 Å². The van der Waals surface area contributed by atoms with Gasteiger partial charge in [-0.15, -0.1) is 0 Å². The molecule has 194 valence electrons. The molecule has 1 heterocycles. The van der Waals surface area contributed by atoms with Crippen molar-refractivity contribution in [3.05, 3.63) is 29.3 Å². The third kappa shape index (κ3) is 6.03. The molecule has 1 aliphatic heterocycles. The molecule has 0 amide bonds. The van der Waals surface area contributed by atoms with Crippen LogP contribution in [0.1, 0.15) is 43.5 Å². The van der Waals surface area contributed by atoms with E-state index in [2.05, 4.69) is 0 Å². The van der Waals surface area contributed by atoms with E-state index in [1.54, 1.807) is 19.9 Å². The normalized spacial score (nSPS) is 29.3. The maximum Gasteiger partial charge on any atom is 0.338 e. The van der Waals surface area contributed by atoms with Crippen LogP contribution in [0, 0.1) is 5.92 Å². The Balaban J connectivity index is 1.62. The van der Waals surface area contributed by atoms with E-state index in [1.807, 2.05) is 0 Å². The molecule has 0 spiro atoms.